The number of hydrogen-bond acceptors (Lipinski definition) is 4. The first-order valence-electron chi connectivity index (χ1n) is 7.27. The van der Waals surface area contributed by atoms with Gasteiger partial charge in [0, 0.05) is 19.0 Å². The summed E-state index contributed by atoms with van der Waals surface area (Å²) in [6, 6.07) is 4.46. The summed E-state index contributed by atoms with van der Waals surface area (Å²) in [6.45, 7) is 2.14. The Morgan fingerprint density at radius 3 is 2.77 bits per heavy atom. The van der Waals surface area contributed by atoms with E-state index in [4.69, 9.17) is 0 Å². The van der Waals surface area contributed by atoms with Crippen molar-refractivity contribution < 1.29 is 14.6 Å². The van der Waals surface area contributed by atoms with Gasteiger partial charge in [-0.1, -0.05) is 12.2 Å². The van der Waals surface area contributed by atoms with Gasteiger partial charge in [-0.2, -0.15) is 5.10 Å². The van der Waals surface area contributed by atoms with Crippen molar-refractivity contribution >= 4 is 10.9 Å². The molecule has 0 radical (unpaired) electrons. The maximum Gasteiger partial charge on any atom is 0.125 e. The zero-order valence-electron chi connectivity index (χ0n) is 12.7. The highest BCUT2D eigenvalue weighted by atomic mass is 19.1. The van der Waals surface area contributed by atoms with Crippen molar-refractivity contribution in [2.45, 2.75) is 18.5 Å². The molecule has 1 aliphatic rings. The Morgan fingerprint density at radius 2 is 2.09 bits per heavy atom. The Kier molecular flexibility index (Phi) is 3.76. The highest BCUT2D eigenvalue weighted by molar-refractivity contribution is 5.82. The lowest BCUT2D eigenvalue weighted by Gasteiger charge is -2.39. The van der Waals surface area contributed by atoms with Gasteiger partial charge in [0.15, 0.2) is 0 Å². The number of aliphatic hydroxyl groups excluding tert-OH is 2. The molecule has 1 atom stereocenters. The molecule has 5 nitrogen and oxygen atoms in total. The first kappa shape index (κ1) is 15.1. The molecule has 0 aliphatic carbocycles. The molecule has 0 amide bonds. The van der Waals surface area contributed by atoms with Gasteiger partial charge in [-0.15, -0.1) is 0 Å². The first-order valence-corrected chi connectivity index (χ1v) is 7.27. The summed E-state index contributed by atoms with van der Waals surface area (Å²) in [4.78, 5) is 2.01. The highest BCUT2D eigenvalue weighted by Crippen LogP contribution is 2.36. The van der Waals surface area contributed by atoms with E-state index in [0.29, 0.717) is 6.54 Å². The number of halogens is 1. The van der Waals surface area contributed by atoms with Crippen molar-refractivity contribution in [2.75, 3.05) is 19.8 Å². The van der Waals surface area contributed by atoms with E-state index in [1.165, 1.54) is 12.1 Å². The average molecular weight is 305 g/mol. The van der Waals surface area contributed by atoms with Gasteiger partial charge in [0.05, 0.1) is 36.0 Å². The van der Waals surface area contributed by atoms with Crippen molar-refractivity contribution in [1.29, 1.82) is 0 Å². The van der Waals surface area contributed by atoms with Gasteiger partial charge >= 0.3 is 0 Å². The Balaban J connectivity index is 2.08. The lowest BCUT2D eigenvalue weighted by molar-refractivity contribution is -0.00468. The number of aromatic nitrogens is 2. The van der Waals surface area contributed by atoms with Gasteiger partial charge in [0.1, 0.15) is 5.82 Å². The van der Waals surface area contributed by atoms with E-state index in [1.807, 2.05) is 24.0 Å². The Morgan fingerprint density at radius 1 is 1.36 bits per heavy atom. The summed E-state index contributed by atoms with van der Waals surface area (Å²) in [5, 5.41) is 24.7. The lowest BCUT2D eigenvalue weighted by Crippen LogP contribution is -2.52. The van der Waals surface area contributed by atoms with Gasteiger partial charge in [0.25, 0.3) is 0 Å². The van der Waals surface area contributed by atoms with E-state index in [0.717, 1.165) is 16.6 Å². The minimum atomic E-state index is -0.738. The van der Waals surface area contributed by atoms with Crippen LogP contribution in [-0.2, 0) is 7.05 Å². The topological polar surface area (TPSA) is 61.5 Å². The maximum absolute atomic E-state index is 13.4. The molecule has 2 N–H and O–H groups in total. The predicted molar refractivity (Wildman–Crippen MR) is 81.8 cm³/mol. The molecule has 0 fully saturated rings. The van der Waals surface area contributed by atoms with Crippen molar-refractivity contribution in [3.8, 4) is 0 Å². The first-order chi connectivity index (χ1) is 10.5. The highest BCUT2D eigenvalue weighted by Gasteiger charge is 2.38. The number of benzene rings is 1. The van der Waals surface area contributed by atoms with Gasteiger partial charge < -0.3 is 10.2 Å². The molecule has 0 saturated heterocycles. The second-order valence-electron chi connectivity index (χ2n) is 6.01. The molecular formula is C16H20FN3O2. The fourth-order valence-electron chi connectivity index (χ4n) is 3.02. The Bertz CT molecular complexity index is 721. The second kappa shape index (κ2) is 5.46. The van der Waals surface area contributed by atoms with Crippen LogP contribution in [0.15, 0.2) is 30.4 Å². The van der Waals surface area contributed by atoms with Crippen molar-refractivity contribution in [3.05, 3.63) is 41.9 Å². The minimum Gasteiger partial charge on any atom is -0.394 e. The Hall–Kier alpha value is -1.76. The quantitative estimate of drug-likeness (QED) is 0.838. The molecule has 6 heteroatoms. The number of aliphatic hydroxyl groups is 2. The summed E-state index contributed by atoms with van der Waals surface area (Å²) >= 11 is 0. The van der Waals surface area contributed by atoms with Gasteiger partial charge in [0.2, 0.25) is 0 Å². The van der Waals surface area contributed by atoms with Crippen LogP contribution in [0.1, 0.15) is 18.7 Å². The van der Waals surface area contributed by atoms with E-state index in [2.05, 4.69) is 5.10 Å². The fourth-order valence-corrected chi connectivity index (χ4v) is 3.02. The molecule has 1 aromatic heterocycles. The maximum atomic E-state index is 13.4. The van der Waals surface area contributed by atoms with Crippen LogP contribution < -0.4 is 0 Å². The summed E-state index contributed by atoms with van der Waals surface area (Å²) in [6.07, 6.45) is 4.01. The third kappa shape index (κ3) is 2.24. The van der Waals surface area contributed by atoms with E-state index < -0.39 is 5.54 Å². The van der Waals surface area contributed by atoms with Crippen LogP contribution in [0, 0.1) is 5.82 Å². The minimum absolute atomic E-state index is 0.152. The molecule has 1 unspecified atom stereocenters. The molecule has 0 bridgehead atoms. The smallest absolute Gasteiger partial charge is 0.125 e. The largest absolute Gasteiger partial charge is 0.394 e. The lowest BCUT2D eigenvalue weighted by atomic mass is 9.99. The zero-order valence-corrected chi connectivity index (χ0v) is 12.7. The van der Waals surface area contributed by atoms with Crippen molar-refractivity contribution in [2.24, 2.45) is 7.05 Å². The van der Waals surface area contributed by atoms with Gasteiger partial charge in [-0.3, -0.25) is 9.58 Å². The van der Waals surface area contributed by atoms with Crippen molar-refractivity contribution in [3.63, 3.8) is 0 Å². The third-order valence-corrected chi connectivity index (χ3v) is 4.45. The van der Waals surface area contributed by atoms with E-state index >= 15 is 0 Å². The number of fused-ring (bicyclic) bond motifs is 1. The molecule has 2 aromatic rings. The van der Waals surface area contributed by atoms with Crippen LogP contribution >= 0.6 is 0 Å². The standard InChI is InChI=1S/C16H20FN3O2/c1-16(9-21,10-22)20-7-3-4-13(20)15-12-6-5-11(17)8-14(12)19(2)18-15/h3-6,8,13,21-22H,7,9-10H2,1-2H3. The summed E-state index contributed by atoms with van der Waals surface area (Å²) < 4.78 is 15.1. The van der Waals surface area contributed by atoms with Crippen LogP contribution in [0.3, 0.4) is 0 Å². The number of nitrogens with zero attached hydrogens (tertiary/aromatic N) is 3. The van der Waals surface area contributed by atoms with E-state index in [1.54, 1.807) is 17.8 Å². The number of hydrogen-bond donors (Lipinski definition) is 2. The average Bonchev–Trinajstić information content (AvgIpc) is 3.12. The van der Waals surface area contributed by atoms with E-state index in [9.17, 15) is 14.6 Å². The summed E-state index contributed by atoms with van der Waals surface area (Å²) in [5.74, 6) is -0.295. The molecule has 0 saturated carbocycles. The molecular weight excluding hydrogens is 285 g/mol. The zero-order chi connectivity index (χ0) is 15.9. The summed E-state index contributed by atoms with van der Waals surface area (Å²) in [5.41, 5.74) is 0.794. The van der Waals surface area contributed by atoms with Crippen LogP contribution in [-0.4, -0.2) is 50.2 Å². The molecule has 3 rings (SSSR count). The monoisotopic (exact) mass is 305 g/mol. The SMILES string of the molecule is Cn1nc(C2C=CCN2C(C)(CO)CO)c2ccc(F)cc21. The van der Waals surface area contributed by atoms with Crippen LogP contribution in [0.4, 0.5) is 4.39 Å². The van der Waals surface area contributed by atoms with Gasteiger partial charge in [-0.25, -0.2) is 4.39 Å². The normalized spacial score (nSPS) is 19.4. The van der Waals surface area contributed by atoms with Crippen molar-refractivity contribution in [1.82, 2.24) is 14.7 Å². The van der Waals surface area contributed by atoms with Crippen LogP contribution in [0.2, 0.25) is 0 Å². The predicted octanol–water partition coefficient (Wildman–Crippen LogP) is 1.37. The summed E-state index contributed by atoms with van der Waals surface area (Å²) in [7, 11) is 1.78. The number of rotatable bonds is 4. The van der Waals surface area contributed by atoms with Gasteiger partial charge in [-0.05, 0) is 25.1 Å². The fraction of sp³-hybridized carbons (Fsp3) is 0.438. The molecule has 1 aromatic carbocycles. The molecule has 1 aliphatic heterocycles. The van der Waals surface area contributed by atoms with Crippen LogP contribution in [0.5, 0.6) is 0 Å². The molecule has 0 spiro atoms. The number of aryl methyl sites for hydroxylation is 1. The van der Waals surface area contributed by atoms with E-state index in [-0.39, 0.29) is 25.1 Å². The third-order valence-electron chi connectivity index (χ3n) is 4.45. The van der Waals surface area contributed by atoms with Crippen LogP contribution in [0.25, 0.3) is 10.9 Å². The molecule has 22 heavy (non-hydrogen) atoms. The molecule has 118 valence electrons. The second-order valence-corrected chi connectivity index (χ2v) is 6.01. The Labute approximate surface area is 128 Å². The molecule has 2 heterocycles.